The molecule has 1 heterocycles. The highest BCUT2D eigenvalue weighted by molar-refractivity contribution is 5.90. The molecule has 0 amide bonds. The Morgan fingerprint density at radius 3 is 2.70 bits per heavy atom. The molecule has 0 radical (unpaired) electrons. The first kappa shape index (κ1) is 13.9. The lowest BCUT2D eigenvalue weighted by molar-refractivity contribution is 0.0599. The van der Waals surface area contributed by atoms with Gasteiger partial charge >= 0.3 is 5.97 Å². The SMILES string of the molecule is COC(=O)c1ccc(NCc2ccccc2N)nc1C. The lowest BCUT2D eigenvalue weighted by atomic mass is 10.2. The molecule has 1 aromatic carbocycles. The van der Waals surface area contributed by atoms with Crippen LogP contribution in [0, 0.1) is 6.92 Å². The number of hydrogen-bond donors (Lipinski definition) is 2. The molecule has 2 rings (SSSR count). The standard InChI is InChI=1S/C15H17N3O2/c1-10-12(15(19)20-2)7-8-14(18-10)17-9-11-5-3-4-6-13(11)16/h3-8H,9,16H2,1-2H3,(H,17,18). The predicted octanol–water partition coefficient (Wildman–Crippen LogP) is 2.37. The number of rotatable bonds is 4. The van der Waals surface area contributed by atoms with E-state index in [0.717, 1.165) is 11.3 Å². The number of ether oxygens (including phenoxy) is 1. The number of nitrogens with two attached hydrogens (primary N) is 1. The molecule has 0 aliphatic rings. The van der Waals surface area contributed by atoms with Crippen molar-refractivity contribution in [2.24, 2.45) is 0 Å². The van der Waals surface area contributed by atoms with Gasteiger partial charge in [0.1, 0.15) is 5.82 Å². The summed E-state index contributed by atoms with van der Waals surface area (Å²) >= 11 is 0. The number of aryl methyl sites for hydroxylation is 1. The van der Waals surface area contributed by atoms with Gasteiger partial charge in [0, 0.05) is 12.2 Å². The molecule has 5 nitrogen and oxygen atoms in total. The van der Waals surface area contributed by atoms with Gasteiger partial charge in [-0.3, -0.25) is 0 Å². The molecule has 0 aliphatic carbocycles. The number of carbonyl (C=O) groups is 1. The van der Waals surface area contributed by atoms with Crippen molar-refractivity contribution in [3.63, 3.8) is 0 Å². The van der Waals surface area contributed by atoms with Crippen molar-refractivity contribution < 1.29 is 9.53 Å². The van der Waals surface area contributed by atoms with Crippen LogP contribution < -0.4 is 11.1 Å². The highest BCUT2D eigenvalue weighted by atomic mass is 16.5. The maximum atomic E-state index is 11.5. The van der Waals surface area contributed by atoms with E-state index in [1.807, 2.05) is 24.3 Å². The summed E-state index contributed by atoms with van der Waals surface area (Å²) in [6.07, 6.45) is 0. The molecule has 104 valence electrons. The van der Waals surface area contributed by atoms with Gasteiger partial charge in [-0.1, -0.05) is 18.2 Å². The number of nitrogen functional groups attached to an aromatic ring is 1. The maximum absolute atomic E-state index is 11.5. The molecule has 0 atom stereocenters. The number of pyridine rings is 1. The largest absolute Gasteiger partial charge is 0.465 e. The van der Waals surface area contributed by atoms with E-state index in [1.165, 1.54) is 7.11 Å². The van der Waals surface area contributed by atoms with Gasteiger partial charge in [-0.2, -0.15) is 0 Å². The topological polar surface area (TPSA) is 77.2 Å². The first-order chi connectivity index (χ1) is 9.61. The third-order valence-corrected chi connectivity index (χ3v) is 3.01. The minimum absolute atomic E-state index is 0.381. The van der Waals surface area contributed by atoms with Gasteiger partial charge in [0.05, 0.1) is 18.4 Å². The Kier molecular flexibility index (Phi) is 4.20. The van der Waals surface area contributed by atoms with Crippen LogP contribution in [0.4, 0.5) is 11.5 Å². The number of benzene rings is 1. The highest BCUT2D eigenvalue weighted by Crippen LogP contribution is 2.15. The summed E-state index contributed by atoms with van der Waals surface area (Å²) in [6.45, 7) is 2.35. The van der Waals surface area contributed by atoms with Crippen LogP contribution in [0.1, 0.15) is 21.6 Å². The molecule has 3 N–H and O–H groups in total. The van der Waals surface area contributed by atoms with Crippen molar-refractivity contribution in [2.45, 2.75) is 13.5 Å². The molecule has 0 fully saturated rings. The fourth-order valence-electron chi connectivity index (χ4n) is 1.87. The van der Waals surface area contributed by atoms with Gasteiger partial charge in [0.2, 0.25) is 0 Å². The van der Waals surface area contributed by atoms with E-state index >= 15 is 0 Å². The van der Waals surface area contributed by atoms with E-state index < -0.39 is 0 Å². The second-order valence-electron chi connectivity index (χ2n) is 4.37. The van der Waals surface area contributed by atoms with Crippen molar-refractivity contribution in [3.8, 4) is 0 Å². The molecule has 5 heteroatoms. The summed E-state index contributed by atoms with van der Waals surface area (Å²) in [6, 6.07) is 11.1. The van der Waals surface area contributed by atoms with Crippen molar-refractivity contribution >= 4 is 17.5 Å². The zero-order valence-electron chi connectivity index (χ0n) is 11.5. The molecule has 0 bridgehead atoms. The third kappa shape index (κ3) is 3.06. The molecule has 20 heavy (non-hydrogen) atoms. The third-order valence-electron chi connectivity index (χ3n) is 3.01. The van der Waals surface area contributed by atoms with E-state index in [1.54, 1.807) is 19.1 Å². The Labute approximate surface area is 117 Å². The number of nitrogens with one attached hydrogen (secondary N) is 1. The van der Waals surface area contributed by atoms with Crippen LogP contribution in [-0.4, -0.2) is 18.1 Å². The molecule has 0 spiro atoms. The van der Waals surface area contributed by atoms with Gasteiger partial charge in [0.25, 0.3) is 0 Å². The quantitative estimate of drug-likeness (QED) is 0.659. The van der Waals surface area contributed by atoms with Gasteiger partial charge in [-0.15, -0.1) is 0 Å². The number of nitrogens with zero attached hydrogens (tertiary/aromatic N) is 1. The van der Waals surface area contributed by atoms with Crippen LogP contribution in [0.25, 0.3) is 0 Å². The second-order valence-corrected chi connectivity index (χ2v) is 4.37. The Balaban J connectivity index is 2.10. The van der Waals surface area contributed by atoms with E-state index in [4.69, 9.17) is 5.73 Å². The minimum atomic E-state index is -0.381. The van der Waals surface area contributed by atoms with E-state index in [9.17, 15) is 4.79 Å². The monoisotopic (exact) mass is 271 g/mol. The highest BCUT2D eigenvalue weighted by Gasteiger charge is 2.10. The van der Waals surface area contributed by atoms with Crippen LogP contribution in [0.5, 0.6) is 0 Å². The smallest absolute Gasteiger partial charge is 0.339 e. The lowest BCUT2D eigenvalue weighted by Crippen LogP contribution is -2.08. The number of para-hydroxylation sites is 1. The molecule has 1 aromatic heterocycles. The van der Waals surface area contributed by atoms with Gasteiger partial charge in [0.15, 0.2) is 0 Å². The Morgan fingerprint density at radius 2 is 2.05 bits per heavy atom. The zero-order valence-corrected chi connectivity index (χ0v) is 11.5. The van der Waals surface area contributed by atoms with Gasteiger partial charge < -0.3 is 15.8 Å². The van der Waals surface area contributed by atoms with E-state index in [-0.39, 0.29) is 5.97 Å². The summed E-state index contributed by atoms with van der Waals surface area (Å²) in [5, 5.41) is 3.18. The normalized spacial score (nSPS) is 10.1. The number of anilines is 2. The summed E-state index contributed by atoms with van der Waals surface area (Å²) in [5.41, 5.74) is 8.71. The molecule has 2 aromatic rings. The summed E-state index contributed by atoms with van der Waals surface area (Å²) < 4.78 is 4.69. The number of hydrogen-bond acceptors (Lipinski definition) is 5. The van der Waals surface area contributed by atoms with Crippen molar-refractivity contribution in [1.29, 1.82) is 0 Å². The van der Waals surface area contributed by atoms with E-state index in [2.05, 4.69) is 15.0 Å². The van der Waals surface area contributed by atoms with Crippen molar-refractivity contribution in [2.75, 3.05) is 18.2 Å². The van der Waals surface area contributed by atoms with Crippen molar-refractivity contribution in [1.82, 2.24) is 4.98 Å². The average molecular weight is 271 g/mol. The Hall–Kier alpha value is -2.56. The summed E-state index contributed by atoms with van der Waals surface area (Å²) in [7, 11) is 1.35. The molecule has 0 saturated heterocycles. The predicted molar refractivity (Wildman–Crippen MR) is 78.5 cm³/mol. The molecule has 0 unspecified atom stereocenters. The van der Waals surface area contributed by atoms with Gasteiger partial charge in [-0.25, -0.2) is 9.78 Å². The number of aromatic nitrogens is 1. The number of esters is 1. The fraction of sp³-hybridized carbons (Fsp3) is 0.200. The summed E-state index contributed by atoms with van der Waals surface area (Å²) in [4.78, 5) is 15.8. The minimum Gasteiger partial charge on any atom is -0.465 e. The lowest BCUT2D eigenvalue weighted by Gasteiger charge is -2.10. The van der Waals surface area contributed by atoms with E-state index in [0.29, 0.717) is 23.6 Å². The van der Waals surface area contributed by atoms with Gasteiger partial charge in [-0.05, 0) is 30.7 Å². The first-order valence-corrected chi connectivity index (χ1v) is 6.25. The average Bonchev–Trinajstić information content (AvgIpc) is 2.46. The van der Waals surface area contributed by atoms with Crippen LogP contribution in [0.15, 0.2) is 36.4 Å². The molecule has 0 saturated carbocycles. The molecular weight excluding hydrogens is 254 g/mol. The zero-order chi connectivity index (χ0) is 14.5. The summed E-state index contributed by atoms with van der Waals surface area (Å²) in [5.74, 6) is 0.312. The fourth-order valence-corrected chi connectivity index (χ4v) is 1.87. The molecule has 0 aliphatic heterocycles. The number of methoxy groups -OCH3 is 1. The van der Waals surface area contributed by atoms with Crippen LogP contribution in [0.3, 0.4) is 0 Å². The first-order valence-electron chi connectivity index (χ1n) is 6.25. The van der Waals surface area contributed by atoms with Crippen LogP contribution >= 0.6 is 0 Å². The Morgan fingerprint density at radius 1 is 1.30 bits per heavy atom. The second kappa shape index (κ2) is 6.06. The maximum Gasteiger partial charge on any atom is 0.339 e. The van der Waals surface area contributed by atoms with Crippen LogP contribution in [-0.2, 0) is 11.3 Å². The van der Waals surface area contributed by atoms with Crippen LogP contribution in [0.2, 0.25) is 0 Å². The van der Waals surface area contributed by atoms with Crippen molar-refractivity contribution in [3.05, 3.63) is 53.2 Å². The number of carbonyl (C=O) groups excluding carboxylic acids is 1. The Bertz CT molecular complexity index is 626. The molecular formula is C15H17N3O2.